The zero-order chi connectivity index (χ0) is 19.1. The lowest BCUT2D eigenvalue weighted by Crippen LogP contribution is -2.51. The monoisotopic (exact) mass is 372 g/mol. The van der Waals surface area contributed by atoms with Crippen LogP contribution in [0.25, 0.3) is 0 Å². The quantitative estimate of drug-likeness (QED) is 0.743. The van der Waals surface area contributed by atoms with Gasteiger partial charge in [0.05, 0.1) is 0 Å². The molecular weight excluding hydrogens is 340 g/mol. The number of hydrogen-bond donors (Lipinski definition) is 3. The Hall–Kier alpha value is -2.08. The van der Waals surface area contributed by atoms with Crippen LogP contribution in [-0.4, -0.2) is 42.0 Å². The number of likely N-dealkylation sites (tertiary alicyclic amines) is 1. The normalized spacial score (nSPS) is 20.1. The molecule has 148 valence electrons. The first kappa shape index (κ1) is 19.7. The molecule has 1 saturated carbocycles. The van der Waals surface area contributed by atoms with Crippen LogP contribution in [0.15, 0.2) is 30.3 Å². The smallest absolute Gasteiger partial charge is 0.315 e. The summed E-state index contributed by atoms with van der Waals surface area (Å²) in [5.74, 6) is 0.0939. The van der Waals surface area contributed by atoms with Crippen molar-refractivity contribution in [1.82, 2.24) is 15.5 Å². The topological polar surface area (TPSA) is 87.5 Å². The SMILES string of the molecule is NC(CC(=O)N1CCC(NC(=O)NC2CCCCC2)CC1)c1ccccc1. The lowest BCUT2D eigenvalue weighted by atomic mass is 9.96. The molecule has 0 radical (unpaired) electrons. The standard InChI is InChI=1S/C21H32N4O2/c22-19(16-7-3-1-4-8-16)15-20(26)25-13-11-18(12-14-25)24-21(27)23-17-9-5-2-6-10-17/h1,3-4,7-8,17-19H,2,5-6,9-15,22H2,(H2,23,24,27). The Morgan fingerprint density at radius 3 is 2.19 bits per heavy atom. The van der Waals surface area contributed by atoms with Crippen molar-refractivity contribution in [3.63, 3.8) is 0 Å². The van der Waals surface area contributed by atoms with Crippen LogP contribution >= 0.6 is 0 Å². The van der Waals surface area contributed by atoms with E-state index in [2.05, 4.69) is 10.6 Å². The molecule has 2 aliphatic rings. The first-order valence-corrected chi connectivity index (χ1v) is 10.3. The van der Waals surface area contributed by atoms with E-state index in [1.54, 1.807) is 0 Å². The maximum atomic E-state index is 12.5. The molecule has 0 bridgehead atoms. The molecule has 3 amide bonds. The van der Waals surface area contributed by atoms with E-state index < -0.39 is 0 Å². The number of urea groups is 1. The highest BCUT2D eigenvalue weighted by molar-refractivity contribution is 5.77. The minimum Gasteiger partial charge on any atom is -0.342 e. The van der Waals surface area contributed by atoms with E-state index in [0.29, 0.717) is 25.6 Å². The first-order valence-electron chi connectivity index (χ1n) is 10.3. The summed E-state index contributed by atoms with van der Waals surface area (Å²) in [6, 6.07) is 9.87. The predicted molar refractivity (Wildman–Crippen MR) is 106 cm³/mol. The second kappa shape index (κ2) is 9.74. The Kier molecular flexibility index (Phi) is 7.10. The number of nitrogens with zero attached hydrogens (tertiary/aromatic N) is 1. The Bertz CT molecular complexity index is 608. The molecule has 1 saturated heterocycles. The molecule has 1 aromatic carbocycles. The van der Waals surface area contributed by atoms with Gasteiger partial charge in [0.2, 0.25) is 5.91 Å². The fourth-order valence-electron chi connectivity index (χ4n) is 4.07. The van der Waals surface area contributed by atoms with Gasteiger partial charge in [-0.2, -0.15) is 0 Å². The molecule has 3 rings (SSSR count). The van der Waals surface area contributed by atoms with E-state index in [4.69, 9.17) is 5.73 Å². The Morgan fingerprint density at radius 1 is 0.963 bits per heavy atom. The van der Waals surface area contributed by atoms with Crippen molar-refractivity contribution in [3.8, 4) is 0 Å². The van der Waals surface area contributed by atoms with Gasteiger partial charge in [0, 0.05) is 37.6 Å². The number of carbonyl (C=O) groups excluding carboxylic acids is 2. The second-order valence-electron chi connectivity index (χ2n) is 7.83. The number of amides is 3. The Labute approximate surface area is 161 Å². The van der Waals surface area contributed by atoms with Crippen molar-refractivity contribution in [3.05, 3.63) is 35.9 Å². The van der Waals surface area contributed by atoms with Gasteiger partial charge in [0.1, 0.15) is 0 Å². The van der Waals surface area contributed by atoms with Crippen molar-refractivity contribution in [2.75, 3.05) is 13.1 Å². The van der Waals surface area contributed by atoms with Crippen LogP contribution < -0.4 is 16.4 Å². The van der Waals surface area contributed by atoms with Gasteiger partial charge >= 0.3 is 6.03 Å². The number of benzene rings is 1. The van der Waals surface area contributed by atoms with Gasteiger partial charge in [0.15, 0.2) is 0 Å². The van der Waals surface area contributed by atoms with Gasteiger partial charge < -0.3 is 21.3 Å². The molecule has 2 fully saturated rings. The van der Waals surface area contributed by atoms with Crippen LogP contribution in [0.1, 0.15) is 63.0 Å². The van der Waals surface area contributed by atoms with Crippen molar-refractivity contribution >= 4 is 11.9 Å². The predicted octanol–water partition coefficient (Wildman–Crippen LogP) is 2.70. The van der Waals surface area contributed by atoms with Crippen molar-refractivity contribution in [2.24, 2.45) is 5.73 Å². The van der Waals surface area contributed by atoms with Crippen LogP contribution in [0, 0.1) is 0 Å². The van der Waals surface area contributed by atoms with Crippen LogP contribution in [0.5, 0.6) is 0 Å². The molecule has 0 aromatic heterocycles. The van der Waals surface area contributed by atoms with E-state index in [9.17, 15) is 9.59 Å². The number of nitrogens with two attached hydrogens (primary N) is 1. The van der Waals surface area contributed by atoms with E-state index >= 15 is 0 Å². The summed E-state index contributed by atoms with van der Waals surface area (Å²) >= 11 is 0. The highest BCUT2D eigenvalue weighted by atomic mass is 16.2. The van der Waals surface area contributed by atoms with Crippen molar-refractivity contribution < 1.29 is 9.59 Å². The zero-order valence-electron chi connectivity index (χ0n) is 16.0. The maximum absolute atomic E-state index is 12.5. The molecule has 1 unspecified atom stereocenters. The lowest BCUT2D eigenvalue weighted by molar-refractivity contribution is -0.132. The molecule has 4 N–H and O–H groups in total. The minimum absolute atomic E-state index is 0.0576. The number of nitrogens with one attached hydrogen (secondary N) is 2. The summed E-state index contributed by atoms with van der Waals surface area (Å²) in [4.78, 5) is 26.6. The fourth-order valence-corrected chi connectivity index (χ4v) is 4.07. The molecule has 27 heavy (non-hydrogen) atoms. The average Bonchev–Trinajstić information content (AvgIpc) is 2.70. The number of carbonyl (C=O) groups is 2. The van der Waals surface area contributed by atoms with Gasteiger partial charge in [-0.3, -0.25) is 4.79 Å². The minimum atomic E-state index is -0.268. The zero-order valence-corrected chi connectivity index (χ0v) is 16.0. The Balaban J connectivity index is 1.37. The molecule has 6 heteroatoms. The van der Waals surface area contributed by atoms with Gasteiger partial charge in [-0.05, 0) is 31.2 Å². The molecule has 1 aliphatic heterocycles. The summed E-state index contributed by atoms with van der Waals surface area (Å²) < 4.78 is 0. The first-order chi connectivity index (χ1) is 13.1. The summed E-state index contributed by atoms with van der Waals surface area (Å²) in [7, 11) is 0. The molecule has 1 heterocycles. The third-order valence-corrected chi connectivity index (χ3v) is 5.75. The number of piperidine rings is 1. The summed E-state index contributed by atoms with van der Waals surface area (Å²) in [5.41, 5.74) is 7.16. The molecular formula is C21H32N4O2. The van der Waals surface area contributed by atoms with Crippen LogP contribution in [0.2, 0.25) is 0 Å². The van der Waals surface area contributed by atoms with Crippen LogP contribution in [0.4, 0.5) is 4.79 Å². The molecule has 0 spiro atoms. The van der Waals surface area contributed by atoms with Crippen molar-refractivity contribution in [2.45, 2.75) is 69.5 Å². The third-order valence-electron chi connectivity index (χ3n) is 5.75. The Morgan fingerprint density at radius 2 is 1.56 bits per heavy atom. The fraction of sp³-hybridized carbons (Fsp3) is 0.619. The maximum Gasteiger partial charge on any atom is 0.315 e. The average molecular weight is 373 g/mol. The highest BCUT2D eigenvalue weighted by Gasteiger charge is 2.25. The van der Waals surface area contributed by atoms with Crippen molar-refractivity contribution in [1.29, 1.82) is 0 Å². The number of hydrogen-bond acceptors (Lipinski definition) is 3. The van der Waals surface area contributed by atoms with Gasteiger partial charge in [-0.15, -0.1) is 0 Å². The van der Waals surface area contributed by atoms with E-state index in [-0.39, 0.29) is 24.0 Å². The number of rotatable bonds is 5. The molecule has 6 nitrogen and oxygen atoms in total. The van der Waals surface area contributed by atoms with Gasteiger partial charge in [-0.25, -0.2) is 4.79 Å². The van der Waals surface area contributed by atoms with E-state index in [1.807, 2.05) is 35.2 Å². The van der Waals surface area contributed by atoms with Gasteiger partial charge in [-0.1, -0.05) is 49.6 Å². The summed E-state index contributed by atoms with van der Waals surface area (Å²) in [6.45, 7) is 1.35. The largest absolute Gasteiger partial charge is 0.342 e. The molecule has 1 atom stereocenters. The van der Waals surface area contributed by atoms with E-state index in [1.165, 1.54) is 19.3 Å². The van der Waals surface area contributed by atoms with Crippen LogP contribution in [-0.2, 0) is 4.79 Å². The van der Waals surface area contributed by atoms with Crippen LogP contribution in [0.3, 0.4) is 0 Å². The summed E-state index contributed by atoms with van der Waals surface area (Å²) in [5, 5.41) is 6.18. The molecule has 1 aromatic rings. The summed E-state index contributed by atoms with van der Waals surface area (Å²) in [6.07, 6.45) is 7.77. The van der Waals surface area contributed by atoms with Gasteiger partial charge in [0.25, 0.3) is 0 Å². The molecule has 1 aliphatic carbocycles. The lowest BCUT2D eigenvalue weighted by Gasteiger charge is -2.33. The second-order valence-corrected chi connectivity index (χ2v) is 7.83. The highest BCUT2D eigenvalue weighted by Crippen LogP contribution is 2.19. The third kappa shape index (κ3) is 5.96. The van der Waals surface area contributed by atoms with E-state index in [0.717, 1.165) is 31.2 Å².